The molecule has 0 aromatic heterocycles. The topological polar surface area (TPSA) is 15.3 Å². The van der Waals surface area contributed by atoms with Crippen molar-refractivity contribution < 1.29 is 0 Å². The summed E-state index contributed by atoms with van der Waals surface area (Å²) in [5.74, 6) is 0. The third-order valence-corrected chi connectivity index (χ3v) is 3.34. The number of piperazine rings is 1. The standard InChI is InChI=1S/C14H22N2.2ClH/c1-2-6-14(13-7-4-3-5-8-13)16-11-9-15-10-12-16;;/h3-5,7-8,14-15H,2,6,9-12H2,1H3;2*1H/t14-;;/m1../s1. The molecule has 1 heterocycles. The summed E-state index contributed by atoms with van der Waals surface area (Å²) in [6.45, 7) is 6.90. The lowest BCUT2D eigenvalue weighted by Gasteiger charge is -2.35. The first-order valence-electron chi connectivity index (χ1n) is 6.41. The van der Waals surface area contributed by atoms with Gasteiger partial charge in [-0.3, -0.25) is 4.90 Å². The van der Waals surface area contributed by atoms with Crippen LogP contribution in [-0.4, -0.2) is 31.1 Å². The van der Waals surface area contributed by atoms with Gasteiger partial charge in [-0.1, -0.05) is 43.7 Å². The molecule has 1 aromatic carbocycles. The molecule has 0 amide bonds. The van der Waals surface area contributed by atoms with Crippen molar-refractivity contribution in [2.75, 3.05) is 26.2 Å². The molecular weight excluding hydrogens is 267 g/mol. The summed E-state index contributed by atoms with van der Waals surface area (Å²) < 4.78 is 0. The zero-order valence-corrected chi connectivity index (χ0v) is 12.6. The quantitative estimate of drug-likeness (QED) is 0.916. The van der Waals surface area contributed by atoms with Crippen LogP contribution in [0.2, 0.25) is 0 Å². The van der Waals surface area contributed by atoms with E-state index in [-0.39, 0.29) is 24.8 Å². The molecule has 0 unspecified atom stereocenters. The third-order valence-electron chi connectivity index (χ3n) is 3.34. The van der Waals surface area contributed by atoms with Gasteiger partial charge in [-0.15, -0.1) is 24.8 Å². The number of benzene rings is 1. The first kappa shape index (κ1) is 17.7. The second-order valence-electron chi connectivity index (χ2n) is 4.50. The maximum Gasteiger partial charge on any atom is 0.0349 e. The van der Waals surface area contributed by atoms with Gasteiger partial charge < -0.3 is 5.32 Å². The fraction of sp³-hybridized carbons (Fsp3) is 0.571. The molecule has 0 aliphatic carbocycles. The monoisotopic (exact) mass is 290 g/mol. The Morgan fingerprint density at radius 2 is 1.72 bits per heavy atom. The van der Waals surface area contributed by atoms with Gasteiger partial charge in [0.15, 0.2) is 0 Å². The van der Waals surface area contributed by atoms with Crippen LogP contribution in [0.5, 0.6) is 0 Å². The summed E-state index contributed by atoms with van der Waals surface area (Å²) in [7, 11) is 0. The highest BCUT2D eigenvalue weighted by atomic mass is 35.5. The van der Waals surface area contributed by atoms with Crippen molar-refractivity contribution >= 4 is 24.8 Å². The molecule has 1 aliphatic heterocycles. The molecule has 0 radical (unpaired) electrons. The normalized spacial score (nSPS) is 17.4. The van der Waals surface area contributed by atoms with E-state index in [1.165, 1.54) is 31.5 Å². The molecule has 1 fully saturated rings. The second-order valence-corrected chi connectivity index (χ2v) is 4.50. The van der Waals surface area contributed by atoms with Gasteiger partial charge in [-0.2, -0.15) is 0 Å². The zero-order valence-electron chi connectivity index (χ0n) is 11.0. The molecule has 4 heteroatoms. The fourth-order valence-corrected chi connectivity index (χ4v) is 2.50. The van der Waals surface area contributed by atoms with E-state index in [4.69, 9.17) is 0 Å². The Bertz CT molecular complexity index is 300. The second kappa shape index (κ2) is 9.62. The van der Waals surface area contributed by atoms with Crippen LogP contribution >= 0.6 is 24.8 Å². The van der Waals surface area contributed by atoms with Crippen molar-refractivity contribution in [3.63, 3.8) is 0 Å². The highest BCUT2D eigenvalue weighted by molar-refractivity contribution is 5.85. The maximum absolute atomic E-state index is 3.42. The highest BCUT2D eigenvalue weighted by Gasteiger charge is 2.20. The summed E-state index contributed by atoms with van der Waals surface area (Å²) in [5.41, 5.74) is 1.48. The van der Waals surface area contributed by atoms with Gasteiger partial charge in [-0.25, -0.2) is 0 Å². The molecular formula is C14H24Cl2N2. The van der Waals surface area contributed by atoms with Crippen LogP contribution in [0, 0.1) is 0 Å². The van der Waals surface area contributed by atoms with E-state index >= 15 is 0 Å². The molecule has 0 spiro atoms. The van der Waals surface area contributed by atoms with E-state index in [0.29, 0.717) is 6.04 Å². The van der Waals surface area contributed by atoms with Gasteiger partial charge >= 0.3 is 0 Å². The number of hydrogen-bond acceptors (Lipinski definition) is 2. The minimum Gasteiger partial charge on any atom is -0.314 e. The van der Waals surface area contributed by atoms with Crippen molar-refractivity contribution in [2.24, 2.45) is 0 Å². The molecule has 2 rings (SSSR count). The Labute approximate surface area is 123 Å². The van der Waals surface area contributed by atoms with Gasteiger partial charge in [0.1, 0.15) is 0 Å². The lowest BCUT2D eigenvalue weighted by Crippen LogP contribution is -2.45. The van der Waals surface area contributed by atoms with Crippen molar-refractivity contribution in [1.29, 1.82) is 0 Å². The van der Waals surface area contributed by atoms with E-state index in [1.807, 2.05) is 0 Å². The SMILES string of the molecule is CCC[C@H](c1ccccc1)N1CCNCC1.Cl.Cl. The van der Waals surface area contributed by atoms with Gasteiger partial charge in [0.25, 0.3) is 0 Å². The predicted octanol–water partition coefficient (Wildman–Crippen LogP) is 3.28. The van der Waals surface area contributed by atoms with Crippen LogP contribution in [0.1, 0.15) is 31.4 Å². The average Bonchev–Trinajstić information content (AvgIpc) is 2.38. The number of nitrogens with zero attached hydrogens (tertiary/aromatic N) is 1. The lowest BCUT2D eigenvalue weighted by molar-refractivity contribution is 0.164. The summed E-state index contributed by atoms with van der Waals surface area (Å²) in [4.78, 5) is 2.62. The molecule has 104 valence electrons. The van der Waals surface area contributed by atoms with Crippen molar-refractivity contribution in [2.45, 2.75) is 25.8 Å². The lowest BCUT2D eigenvalue weighted by atomic mass is 10.00. The minimum atomic E-state index is 0. The highest BCUT2D eigenvalue weighted by Crippen LogP contribution is 2.25. The van der Waals surface area contributed by atoms with Crippen molar-refractivity contribution in [3.05, 3.63) is 35.9 Å². The largest absolute Gasteiger partial charge is 0.314 e. The minimum absolute atomic E-state index is 0. The first-order chi connectivity index (χ1) is 7.92. The van der Waals surface area contributed by atoms with Crippen LogP contribution < -0.4 is 5.32 Å². The maximum atomic E-state index is 3.42. The van der Waals surface area contributed by atoms with Gasteiger partial charge in [-0.05, 0) is 12.0 Å². The van der Waals surface area contributed by atoms with Crippen LogP contribution in [0.15, 0.2) is 30.3 Å². The number of halogens is 2. The number of hydrogen-bond donors (Lipinski definition) is 1. The number of rotatable bonds is 4. The van der Waals surface area contributed by atoms with Crippen LogP contribution in [0.25, 0.3) is 0 Å². The Balaban J connectivity index is 0.00000144. The predicted molar refractivity (Wildman–Crippen MR) is 83.0 cm³/mol. The van der Waals surface area contributed by atoms with E-state index in [2.05, 4.69) is 47.5 Å². The average molecular weight is 291 g/mol. The van der Waals surface area contributed by atoms with Crippen LogP contribution in [-0.2, 0) is 0 Å². The Morgan fingerprint density at radius 1 is 1.11 bits per heavy atom. The first-order valence-corrected chi connectivity index (χ1v) is 6.41. The Morgan fingerprint density at radius 3 is 2.28 bits per heavy atom. The van der Waals surface area contributed by atoms with Crippen LogP contribution in [0.4, 0.5) is 0 Å². The summed E-state index contributed by atoms with van der Waals surface area (Å²) in [5, 5.41) is 3.42. The summed E-state index contributed by atoms with van der Waals surface area (Å²) in [6.07, 6.45) is 2.52. The molecule has 1 saturated heterocycles. The fourth-order valence-electron chi connectivity index (χ4n) is 2.50. The van der Waals surface area contributed by atoms with E-state index in [9.17, 15) is 0 Å². The Hall–Kier alpha value is -0.280. The molecule has 1 aliphatic rings. The zero-order chi connectivity index (χ0) is 11.2. The molecule has 0 saturated carbocycles. The molecule has 0 bridgehead atoms. The van der Waals surface area contributed by atoms with E-state index in [1.54, 1.807) is 0 Å². The van der Waals surface area contributed by atoms with Crippen molar-refractivity contribution in [3.8, 4) is 0 Å². The summed E-state index contributed by atoms with van der Waals surface area (Å²) >= 11 is 0. The van der Waals surface area contributed by atoms with Crippen LogP contribution in [0.3, 0.4) is 0 Å². The third kappa shape index (κ3) is 4.77. The van der Waals surface area contributed by atoms with Gasteiger partial charge in [0.2, 0.25) is 0 Å². The van der Waals surface area contributed by atoms with Crippen molar-refractivity contribution in [1.82, 2.24) is 10.2 Å². The molecule has 18 heavy (non-hydrogen) atoms. The molecule has 1 N–H and O–H groups in total. The molecule has 1 aromatic rings. The van der Waals surface area contributed by atoms with E-state index in [0.717, 1.165) is 13.1 Å². The number of nitrogens with one attached hydrogen (secondary N) is 1. The molecule has 2 nitrogen and oxygen atoms in total. The molecule has 1 atom stereocenters. The summed E-state index contributed by atoms with van der Waals surface area (Å²) in [6, 6.07) is 11.6. The van der Waals surface area contributed by atoms with Gasteiger partial charge in [0, 0.05) is 32.2 Å². The van der Waals surface area contributed by atoms with Gasteiger partial charge in [0.05, 0.1) is 0 Å². The van der Waals surface area contributed by atoms with E-state index < -0.39 is 0 Å². The Kier molecular flexibility index (Phi) is 9.47. The smallest absolute Gasteiger partial charge is 0.0349 e.